The molecule has 0 aliphatic carbocycles. The Kier molecular flexibility index (Phi) is 4.09. The van der Waals surface area contributed by atoms with E-state index in [1.807, 2.05) is 35.0 Å². The molecule has 1 aromatic carbocycles. The van der Waals surface area contributed by atoms with E-state index in [1.165, 1.54) is 0 Å². The Bertz CT molecular complexity index is 1120. The maximum absolute atomic E-state index is 13.0. The predicted molar refractivity (Wildman–Crippen MR) is 104 cm³/mol. The molecule has 4 heterocycles. The second kappa shape index (κ2) is 6.61. The molecule has 5 nitrogen and oxygen atoms in total. The number of nitrogens with zero attached hydrogens (tertiary/aromatic N) is 2. The number of rotatable bonds is 0. The monoisotopic (exact) mass is 378 g/mol. The molecule has 0 bridgehead atoms. The number of hydrogen-bond acceptors (Lipinski definition) is 5. The van der Waals surface area contributed by atoms with Crippen LogP contribution in [0.15, 0.2) is 39.8 Å². The van der Waals surface area contributed by atoms with Crippen molar-refractivity contribution in [2.45, 2.75) is 31.6 Å². The van der Waals surface area contributed by atoms with Crippen LogP contribution in [-0.4, -0.2) is 28.6 Å². The Labute approximate surface area is 160 Å². The largest absolute Gasteiger partial charge is 0.347 e. The molecule has 27 heavy (non-hydrogen) atoms. The summed E-state index contributed by atoms with van der Waals surface area (Å²) in [6.45, 7) is 1.80. The third-order valence-corrected chi connectivity index (χ3v) is 5.85. The Morgan fingerprint density at radius 3 is 2.78 bits per heavy atom. The Hall–Kier alpha value is -2.46. The molecule has 0 N–H and O–H groups in total. The average molecular weight is 378 g/mol. The first-order valence-electron chi connectivity index (χ1n) is 9.08. The Morgan fingerprint density at radius 1 is 1.11 bits per heavy atom. The lowest BCUT2D eigenvalue weighted by molar-refractivity contribution is -0.165. The van der Waals surface area contributed by atoms with Crippen LogP contribution < -0.4 is 5.56 Å². The van der Waals surface area contributed by atoms with Crippen molar-refractivity contribution in [2.24, 2.45) is 0 Å². The molecule has 2 aromatic heterocycles. The van der Waals surface area contributed by atoms with Gasteiger partial charge in [0, 0.05) is 42.3 Å². The van der Waals surface area contributed by atoms with Gasteiger partial charge in [0.1, 0.15) is 5.82 Å². The number of benzene rings is 1. The molecular formula is C21H18N2O3S. The molecule has 6 heteroatoms. The standard InChI is InChI=1S/C21H18N2O3S/c24-20-17-4-3-15(1-2-16-6-12-27-14-16)13-18(17)22-19-5-7-21(8-9-23(19)20)25-10-11-26-21/h3-4,6,12-14H,5,7-11H2. The van der Waals surface area contributed by atoms with Crippen LogP contribution in [0.1, 0.15) is 29.8 Å². The summed E-state index contributed by atoms with van der Waals surface area (Å²) in [6, 6.07) is 7.62. The lowest BCUT2D eigenvalue weighted by Crippen LogP contribution is -2.31. The predicted octanol–water partition coefficient (Wildman–Crippen LogP) is 2.94. The van der Waals surface area contributed by atoms with Crippen molar-refractivity contribution < 1.29 is 9.47 Å². The van der Waals surface area contributed by atoms with Crippen LogP contribution >= 0.6 is 11.3 Å². The van der Waals surface area contributed by atoms with Crippen molar-refractivity contribution in [3.8, 4) is 11.8 Å². The summed E-state index contributed by atoms with van der Waals surface area (Å²) in [5, 5.41) is 4.65. The molecule has 1 fully saturated rings. The van der Waals surface area contributed by atoms with Crippen LogP contribution in [0.3, 0.4) is 0 Å². The van der Waals surface area contributed by atoms with Gasteiger partial charge in [-0.15, -0.1) is 0 Å². The summed E-state index contributed by atoms with van der Waals surface area (Å²) in [5.41, 5.74) is 2.56. The van der Waals surface area contributed by atoms with Gasteiger partial charge in [-0.05, 0) is 29.6 Å². The van der Waals surface area contributed by atoms with Gasteiger partial charge in [0.2, 0.25) is 0 Å². The molecular weight excluding hydrogens is 360 g/mol. The molecule has 0 saturated carbocycles. The smallest absolute Gasteiger partial charge is 0.261 e. The second-order valence-corrected chi connectivity index (χ2v) is 7.62. The minimum atomic E-state index is -0.552. The molecule has 3 aromatic rings. The molecule has 2 aliphatic heterocycles. The summed E-state index contributed by atoms with van der Waals surface area (Å²) in [5.74, 6) is 6.55. The summed E-state index contributed by atoms with van der Waals surface area (Å²) in [6.07, 6.45) is 2.07. The summed E-state index contributed by atoms with van der Waals surface area (Å²) in [7, 11) is 0. The molecule has 0 unspecified atom stereocenters. The van der Waals surface area contributed by atoms with Crippen molar-refractivity contribution in [1.29, 1.82) is 0 Å². The molecule has 1 spiro atoms. The minimum Gasteiger partial charge on any atom is -0.347 e. The van der Waals surface area contributed by atoms with Crippen LogP contribution in [0.2, 0.25) is 0 Å². The first kappa shape index (κ1) is 16.7. The van der Waals surface area contributed by atoms with Gasteiger partial charge in [-0.1, -0.05) is 11.8 Å². The zero-order chi connectivity index (χ0) is 18.3. The fourth-order valence-electron chi connectivity index (χ4n) is 3.74. The first-order valence-corrected chi connectivity index (χ1v) is 10.0. The van der Waals surface area contributed by atoms with Gasteiger partial charge in [0.25, 0.3) is 5.56 Å². The van der Waals surface area contributed by atoms with Gasteiger partial charge >= 0.3 is 0 Å². The topological polar surface area (TPSA) is 53.4 Å². The highest BCUT2D eigenvalue weighted by Crippen LogP contribution is 2.31. The van der Waals surface area contributed by atoms with Crippen LogP contribution in [-0.2, 0) is 22.4 Å². The van der Waals surface area contributed by atoms with E-state index in [9.17, 15) is 4.79 Å². The van der Waals surface area contributed by atoms with Crippen LogP contribution in [0, 0.1) is 11.8 Å². The highest BCUT2D eigenvalue weighted by atomic mass is 32.1. The molecule has 136 valence electrons. The number of aromatic nitrogens is 2. The fraction of sp³-hybridized carbons (Fsp3) is 0.333. The molecule has 2 aliphatic rings. The molecule has 5 rings (SSSR count). The Morgan fingerprint density at radius 2 is 1.96 bits per heavy atom. The van der Waals surface area contributed by atoms with Crippen LogP contribution in [0.4, 0.5) is 0 Å². The van der Waals surface area contributed by atoms with E-state index in [2.05, 4.69) is 11.8 Å². The second-order valence-electron chi connectivity index (χ2n) is 6.84. The zero-order valence-electron chi connectivity index (χ0n) is 14.7. The van der Waals surface area contributed by atoms with Crippen molar-refractivity contribution in [2.75, 3.05) is 13.2 Å². The van der Waals surface area contributed by atoms with Crippen LogP contribution in [0.5, 0.6) is 0 Å². The van der Waals surface area contributed by atoms with E-state index in [0.717, 1.165) is 23.4 Å². The van der Waals surface area contributed by atoms with Gasteiger partial charge in [-0.3, -0.25) is 9.36 Å². The van der Waals surface area contributed by atoms with Gasteiger partial charge in [-0.25, -0.2) is 4.98 Å². The van der Waals surface area contributed by atoms with Gasteiger partial charge in [0.15, 0.2) is 5.79 Å². The number of hydrogen-bond donors (Lipinski definition) is 0. The average Bonchev–Trinajstić information content (AvgIpc) is 3.33. The van der Waals surface area contributed by atoms with Crippen molar-refractivity contribution >= 4 is 22.2 Å². The van der Waals surface area contributed by atoms with E-state index < -0.39 is 5.79 Å². The summed E-state index contributed by atoms with van der Waals surface area (Å²) in [4.78, 5) is 17.8. The third-order valence-electron chi connectivity index (χ3n) is 5.17. The van der Waals surface area contributed by atoms with E-state index in [0.29, 0.717) is 43.5 Å². The third kappa shape index (κ3) is 3.08. The van der Waals surface area contributed by atoms with E-state index >= 15 is 0 Å². The van der Waals surface area contributed by atoms with Gasteiger partial charge in [0.05, 0.1) is 24.1 Å². The fourth-order valence-corrected chi connectivity index (χ4v) is 4.33. The summed E-state index contributed by atoms with van der Waals surface area (Å²) >= 11 is 1.63. The maximum Gasteiger partial charge on any atom is 0.261 e. The lowest BCUT2D eigenvalue weighted by Gasteiger charge is -2.24. The number of ether oxygens (including phenoxy) is 2. The van der Waals surface area contributed by atoms with E-state index in [1.54, 1.807) is 15.9 Å². The normalized spacial score (nSPS) is 18.1. The molecule has 0 atom stereocenters. The van der Waals surface area contributed by atoms with Crippen molar-refractivity contribution in [3.63, 3.8) is 0 Å². The zero-order valence-corrected chi connectivity index (χ0v) is 15.6. The molecule has 0 radical (unpaired) electrons. The Balaban J connectivity index is 1.53. The molecule has 0 amide bonds. The maximum atomic E-state index is 13.0. The summed E-state index contributed by atoms with van der Waals surface area (Å²) < 4.78 is 13.4. The highest BCUT2D eigenvalue weighted by molar-refractivity contribution is 7.08. The number of thiophene rings is 1. The lowest BCUT2D eigenvalue weighted by atomic mass is 10.1. The quantitative estimate of drug-likeness (QED) is 0.565. The van der Waals surface area contributed by atoms with E-state index in [-0.39, 0.29) is 5.56 Å². The van der Waals surface area contributed by atoms with Crippen LogP contribution in [0.25, 0.3) is 10.9 Å². The SMILES string of the molecule is O=c1c2ccc(C#Cc3ccsc3)cc2nc2n1CCC1(CC2)OCCO1. The number of aryl methyl sites for hydroxylation is 1. The highest BCUT2D eigenvalue weighted by Gasteiger charge is 2.38. The van der Waals surface area contributed by atoms with Gasteiger partial charge < -0.3 is 9.47 Å². The first-order chi connectivity index (χ1) is 13.2. The minimum absolute atomic E-state index is 0.00221. The van der Waals surface area contributed by atoms with Crippen molar-refractivity contribution in [1.82, 2.24) is 9.55 Å². The van der Waals surface area contributed by atoms with E-state index in [4.69, 9.17) is 14.5 Å². The van der Waals surface area contributed by atoms with Crippen molar-refractivity contribution in [3.05, 3.63) is 62.3 Å². The number of fused-ring (bicyclic) bond motifs is 2. The van der Waals surface area contributed by atoms with Gasteiger partial charge in [-0.2, -0.15) is 11.3 Å². The molecule has 1 saturated heterocycles.